The number of ether oxygens (including phenoxy) is 4. The molecule has 0 saturated carbocycles. The van der Waals surface area contributed by atoms with Crippen molar-refractivity contribution in [1.82, 2.24) is 4.98 Å². The standard InChI is InChI=1S/C29H31NO7/c1-19(17-24(32)27-28(36-18-35-21(3)31)25(34-4)15-16-30-27)29(33)37-20(2)26(22-11-7-5-8-12-22)23-13-9-6-10-14-23/h5-16,19-20,26H,17-18H2,1-4H3/t19-,20+/m1/s1. The maximum atomic E-state index is 13.1. The first-order valence-corrected chi connectivity index (χ1v) is 11.9. The minimum atomic E-state index is -0.739. The molecule has 0 amide bonds. The Morgan fingerprint density at radius 2 is 1.49 bits per heavy atom. The van der Waals surface area contributed by atoms with Gasteiger partial charge in [-0.1, -0.05) is 67.6 Å². The van der Waals surface area contributed by atoms with Gasteiger partial charge in [0.05, 0.1) is 13.0 Å². The number of rotatable bonds is 12. The molecule has 3 rings (SSSR count). The van der Waals surface area contributed by atoms with E-state index in [0.29, 0.717) is 0 Å². The van der Waals surface area contributed by atoms with E-state index >= 15 is 0 Å². The molecule has 2 aromatic carbocycles. The van der Waals surface area contributed by atoms with Gasteiger partial charge in [-0.25, -0.2) is 4.98 Å². The van der Waals surface area contributed by atoms with Crippen molar-refractivity contribution in [2.24, 2.45) is 5.92 Å². The van der Waals surface area contributed by atoms with Crippen molar-refractivity contribution in [2.45, 2.75) is 39.2 Å². The summed E-state index contributed by atoms with van der Waals surface area (Å²) in [6.07, 6.45) is 0.768. The van der Waals surface area contributed by atoms with Crippen LogP contribution in [0.5, 0.6) is 11.5 Å². The number of benzene rings is 2. The van der Waals surface area contributed by atoms with Crippen molar-refractivity contribution in [3.8, 4) is 11.5 Å². The van der Waals surface area contributed by atoms with Gasteiger partial charge in [-0.2, -0.15) is 0 Å². The van der Waals surface area contributed by atoms with Gasteiger partial charge in [0.15, 0.2) is 23.0 Å². The lowest BCUT2D eigenvalue weighted by molar-refractivity contribution is -0.153. The number of carbonyl (C=O) groups is 3. The summed E-state index contributed by atoms with van der Waals surface area (Å²) >= 11 is 0. The second kappa shape index (κ2) is 13.2. The Hall–Kier alpha value is -4.20. The summed E-state index contributed by atoms with van der Waals surface area (Å²) in [5, 5.41) is 0. The first kappa shape index (κ1) is 27.4. The number of nitrogens with zero attached hydrogens (tertiary/aromatic N) is 1. The van der Waals surface area contributed by atoms with Crippen molar-refractivity contribution < 1.29 is 33.3 Å². The predicted octanol–water partition coefficient (Wildman–Crippen LogP) is 4.96. The van der Waals surface area contributed by atoms with Crippen LogP contribution in [-0.4, -0.2) is 42.7 Å². The van der Waals surface area contributed by atoms with Crippen LogP contribution in [-0.2, 0) is 19.1 Å². The van der Waals surface area contributed by atoms with Crippen LogP contribution in [0.15, 0.2) is 72.9 Å². The summed E-state index contributed by atoms with van der Waals surface area (Å²) in [5.74, 6) is -2.08. The molecule has 0 bridgehead atoms. The van der Waals surface area contributed by atoms with E-state index in [2.05, 4.69) is 4.98 Å². The molecule has 0 aliphatic carbocycles. The van der Waals surface area contributed by atoms with E-state index in [4.69, 9.17) is 18.9 Å². The molecule has 194 valence electrons. The lowest BCUT2D eigenvalue weighted by atomic mass is 9.87. The van der Waals surface area contributed by atoms with Gasteiger partial charge in [-0.15, -0.1) is 0 Å². The number of hydrogen-bond acceptors (Lipinski definition) is 8. The number of ketones is 1. The van der Waals surface area contributed by atoms with Gasteiger partial charge < -0.3 is 18.9 Å². The third-order valence-electron chi connectivity index (χ3n) is 5.80. The van der Waals surface area contributed by atoms with E-state index in [9.17, 15) is 14.4 Å². The highest BCUT2D eigenvalue weighted by atomic mass is 16.7. The molecule has 1 aromatic heterocycles. The predicted molar refractivity (Wildman–Crippen MR) is 136 cm³/mol. The molecule has 8 heteroatoms. The van der Waals surface area contributed by atoms with E-state index in [1.807, 2.05) is 67.6 Å². The fourth-order valence-electron chi connectivity index (χ4n) is 3.98. The molecule has 37 heavy (non-hydrogen) atoms. The molecule has 0 N–H and O–H groups in total. The van der Waals surface area contributed by atoms with Gasteiger partial charge in [-0.3, -0.25) is 14.4 Å². The molecule has 0 unspecified atom stereocenters. The van der Waals surface area contributed by atoms with Crippen LogP contribution >= 0.6 is 0 Å². The smallest absolute Gasteiger partial charge is 0.309 e. The fourth-order valence-corrected chi connectivity index (χ4v) is 3.98. The molecule has 0 saturated heterocycles. The Labute approximate surface area is 216 Å². The number of Topliss-reactive ketones (excluding diaryl/α,β-unsaturated/α-hetero) is 1. The van der Waals surface area contributed by atoms with Gasteiger partial charge >= 0.3 is 11.9 Å². The molecular weight excluding hydrogens is 474 g/mol. The maximum absolute atomic E-state index is 13.1. The van der Waals surface area contributed by atoms with E-state index in [1.54, 1.807) is 6.92 Å². The van der Waals surface area contributed by atoms with Gasteiger partial charge in [0.25, 0.3) is 0 Å². The lowest BCUT2D eigenvalue weighted by Gasteiger charge is -2.26. The van der Waals surface area contributed by atoms with Gasteiger partial charge in [0.1, 0.15) is 6.10 Å². The summed E-state index contributed by atoms with van der Waals surface area (Å²) < 4.78 is 21.4. The molecule has 0 fully saturated rings. The van der Waals surface area contributed by atoms with Crippen molar-refractivity contribution >= 4 is 17.7 Å². The van der Waals surface area contributed by atoms with E-state index in [0.717, 1.165) is 11.1 Å². The number of carbonyl (C=O) groups excluding carboxylic acids is 3. The summed E-state index contributed by atoms with van der Waals surface area (Å²) in [7, 11) is 1.42. The van der Waals surface area contributed by atoms with Crippen LogP contribution in [0.4, 0.5) is 0 Å². The first-order valence-electron chi connectivity index (χ1n) is 11.9. The summed E-state index contributed by atoms with van der Waals surface area (Å²) in [6.45, 7) is 4.31. The summed E-state index contributed by atoms with van der Waals surface area (Å²) in [6, 6.07) is 21.2. The number of aromatic nitrogens is 1. The Morgan fingerprint density at radius 3 is 2.03 bits per heavy atom. The highest BCUT2D eigenvalue weighted by Crippen LogP contribution is 2.32. The van der Waals surface area contributed by atoms with Gasteiger partial charge in [0, 0.05) is 31.5 Å². The highest BCUT2D eigenvalue weighted by molar-refractivity contribution is 5.99. The molecule has 1 heterocycles. The van der Waals surface area contributed by atoms with Gasteiger partial charge in [0.2, 0.25) is 6.79 Å². The van der Waals surface area contributed by atoms with E-state index in [1.165, 1.54) is 26.3 Å². The Balaban J connectivity index is 1.72. The molecule has 8 nitrogen and oxygen atoms in total. The fraction of sp³-hybridized carbons (Fsp3) is 0.310. The largest absolute Gasteiger partial charge is 0.493 e. The number of pyridine rings is 1. The Kier molecular flexibility index (Phi) is 9.77. The molecular formula is C29H31NO7. The molecule has 2 atom stereocenters. The van der Waals surface area contributed by atoms with E-state index in [-0.39, 0.29) is 29.5 Å². The molecule has 0 aliphatic heterocycles. The number of hydrogen-bond donors (Lipinski definition) is 0. The van der Waals surface area contributed by atoms with E-state index < -0.39 is 36.5 Å². The van der Waals surface area contributed by atoms with Crippen molar-refractivity contribution in [2.75, 3.05) is 13.9 Å². The van der Waals surface area contributed by atoms with Crippen LogP contribution < -0.4 is 9.47 Å². The highest BCUT2D eigenvalue weighted by Gasteiger charge is 2.29. The normalized spacial score (nSPS) is 12.4. The van der Waals surface area contributed by atoms with Crippen LogP contribution in [0.2, 0.25) is 0 Å². The Morgan fingerprint density at radius 1 is 0.892 bits per heavy atom. The number of methoxy groups -OCH3 is 1. The van der Waals surface area contributed by atoms with Crippen molar-refractivity contribution in [3.63, 3.8) is 0 Å². The SMILES string of the molecule is COc1ccnc(C(=O)C[C@@H](C)C(=O)O[C@@H](C)C(c2ccccc2)c2ccccc2)c1OCOC(C)=O. The van der Waals surface area contributed by atoms with Crippen LogP contribution in [0.1, 0.15) is 54.7 Å². The van der Waals surface area contributed by atoms with Crippen LogP contribution in [0.25, 0.3) is 0 Å². The van der Waals surface area contributed by atoms with Gasteiger partial charge in [-0.05, 0) is 18.1 Å². The molecule has 3 aromatic rings. The summed E-state index contributed by atoms with van der Waals surface area (Å²) in [5.41, 5.74) is 2.02. The minimum Gasteiger partial charge on any atom is -0.493 e. The Bertz CT molecular complexity index is 1160. The zero-order chi connectivity index (χ0) is 26.8. The van der Waals surface area contributed by atoms with Crippen molar-refractivity contribution in [3.05, 3.63) is 89.7 Å². The maximum Gasteiger partial charge on any atom is 0.309 e. The molecule has 0 aliphatic rings. The second-order valence-corrected chi connectivity index (χ2v) is 8.56. The monoisotopic (exact) mass is 505 g/mol. The number of esters is 2. The van der Waals surface area contributed by atoms with Crippen molar-refractivity contribution in [1.29, 1.82) is 0 Å². The second-order valence-electron chi connectivity index (χ2n) is 8.56. The summed E-state index contributed by atoms with van der Waals surface area (Å²) in [4.78, 5) is 41.3. The average molecular weight is 506 g/mol. The topological polar surface area (TPSA) is 101 Å². The van der Waals surface area contributed by atoms with Crippen LogP contribution in [0.3, 0.4) is 0 Å². The van der Waals surface area contributed by atoms with Crippen LogP contribution in [0, 0.1) is 5.92 Å². The average Bonchev–Trinajstić information content (AvgIpc) is 2.89. The lowest BCUT2D eigenvalue weighted by Crippen LogP contribution is -2.28. The third-order valence-corrected chi connectivity index (χ3v) is 5.80. The quantitative estimate of drug-likeness (QED) is 0.193. The molecule has 0 spiro atoms. The minimum absolute atomic E-state index is 0.0225. The molecule has 0 radical (unpaired) electrons. The zero-order valence-corrected chi connectivity index (χ0v) is 21.4. The third kappa shape index (κ3) is 7.39. The zero-order valence-electron chi connectivity index (χ0n) is 21.4. The first-order chi connectivity index (χ1) is 17.8.